The molecule has 1 N–H and O–H groups in total. The van der Waals surface area contributed by atoms with Crippen LogP contribution in [0.2, 0.25) is 0 Å². The van der Waals surface area contributed by atoms with E-state index in [0.717, 1.165) is 18.7 Å². The van der Waals surface area contributed by atoms with Crippen LogP contribution in [0, 0.1) is 0 Å². The third kappa shape index (κ3) is 3.81. The SMILES string of the molecule is CCS(=O)(=O)c1ccc(NCCc2cccs2)cc1. The molecule has 2 rings (SSSR count). The molecule has 0 saturated carbocycles. The van der Waals surface area contributed by atoms with Gasteiger partial charge in [0, 0.05) is 17.1 Å². The van der Waals surface area contributed by atoms with Crippen LogP contribution in [0.1, 0.15) is 11.8 Å². The fourth-order valence-electron chi connectivity index (χ4n) is 1.73. The summed E-state index contributed by atoms with van der Waals surface area (Å²) in [5, 5.41) is 5.36. The van der Waals surface area contributed by atoms with Gasteiger partial charge in [-0.05, 0) is 42.1 Å². The molecular formula is C14H17NO2S2. The van der Waals surface area contributed by atoms with Crippen molar-refractivity contribution in [3.05, 3.63) is 46.7 Å². The van der Waals surface area contributed by atoms with Crippen molar-refractivity contribution in [2.45, 2.75) is 18.2 Å². The van der Waals surface area contributed by atoms with E-state index in [1.165, 1.54) is 4.88 Å². The summed E-state index contributed by atoms with van der Waals surface area (Å²) >= 11 is 1.75. The minimum Gasteiger partial charge on any atom is -0.385 e. The molecule has 5 heteroatoms. The van der Waals surface area contributed by atoms with E-state index in [9.17, 15) is 8.42 Å². The number of benzene rings is 1. The van der Waals surface area contributed by atoms with E-state index in [0.29, 0.717) is 4.90 Å². The highest BCUT2D eigenvalue weighted by Crippen LogP contribution is 2.16. The maximum absolute atomic E-state index is 11.7. The second kappa shape index (κ2) is 6.21. The lowest BCUT2D eigenvalue weighted by Gasteiger charge is -2.07. The molecule has 0 bridgehead atoms. The van der Waals surface area contributed by atoms with Crippen LogP contribution in [0.5, 0.6) is 0 Å². The van der Waals surface area contributed by atoms with E-state index >= 15 is 0 Å². The Bertz CT molecular complexity index is 601. The molecule has 0 aliphatic heterocycles. The summed E-state index contributed by atoms with van der Waals surface area (Å²) in [4.78, 5) is 1.73. The molecule has 0 amide bonds. The van der Waals surface area contributed by atoms with Gasteiger partial charge in [0.15, 0.2) is 9.84 Å². The third-order valence-electron chi connectivity index (χ3n) is 2.87. The van der Waals surface area contributed by atoms with Crippen molar-refractivity contribution in [3.8, 4) is 0 Å². The van der Waals surface area contributed by atoms with Gasteiger partial charge in [-0.15, -0.1) is 11.3 Å². The molecule has 0 fully saturated rings. The normalized spacial score (nSPS) is 11.4. The van der Waals surface area contributed by atoms with E-state index in [-0.39, 0.29) is 5.75 Å². The molecule has 0 spiro atoms. The average Bonchev–Trinajstić information content (AvgIpc) is 2.92. The lowest BCUT2D eigenvalue weighted by atomic mass is 10.3. The zero-order valence-corrected chi connectivity index (χ0v) is 12.4. The Morgan fingerprint density at radius 3 is 2.47 bits per heavy atom. The van der Waals surface area contributed by atoms with Crippen molar-refractivity contribution < 1.29 is 8.42 Å². The van der Waals surface area contributed by atoms with Crippen molar-refractivity contribution in [1.82, 2.24) is 0 Å². The maximum atomic E-state index is 11.7. The van der Waals surface area contributed by atoms with Crippen LogP contribution in [-0.2, 0) is 16.3 Å². The second-order valence-corrected chi connectivity index (χ2v) is 7.49. The average molecular weight is 295 g/mol. The Morgan fingerprint density at radius 1 is 1.16 bits per heavy atom. The molecule has 3 nitrogen and oxygen atoms in total. The molecule has 2 aromatic rings. The highest BCUT2D eigenvalue weighted by atomic mass is 32.2. The molecule has 0 aliphatic rings. The van der Waals surface area contributed by atoms with Crippen molar-refractivity contribution in [2.24, 2.45) is 0 Å². The van der Waals surface area contributed by atoms with Gasteiger partial charge >= 0.3 is 0 Å². The summed E-state index contributed by atoms with van der Waals surface area (Å²) in [7, 11) is -3.10. The van der Waals surface area contributed by atoms with Gasteiger partial charge in [0.1, 0.15) is 0 Å². The highest BCUT2D eigenvalue weighted by molar-refractivity contribution is 7.91. The first kappa shape index (κ1) is 14.1. The van der Waals surface area contributed by atoms with Crippen molar-refractivity contribution in [3.63, 3.8) is 0 Å². The second-order valence-electron chi connectivity index (χ2n) is 4.18. The van der Waals surface area contributed by atoms with Crippen molar-refractivity contribution in [1.29, 1.82) is 0 Å². The first-order valence-electron chi connectivity index (χ1n) is 6.21. The van der Waals surface area contributed by atoms with Crippen LogP contribution < -0.4 is 5.32 Å². The molecule has 0 radical (unpaired) electrons. The predicted octanol–water partition coefficient (Wildman–Crippen LogP) is 3.20. The molecule has 1 aromatic heterocycles. The summed E-state index contributed by atoms with van der Waals surface area (Å²) in [6.07, 6.45) is 0.979. The zero-order valence-electron chi connectivity index (χ0n) is 10.8. The summed E-state index contributed by atoms with van der Waals surface area (Å²) in [5.74, 6) is 0.137. The fraction of sp³-hybridized carbons (Fsp3) is 0.286. The molecule has 1 aromatic carbocycles. The Kier molecular flexibility index (Phi) is 4.61. The van der Waals surface area contributed by atoms with E-state index in [2.05, 4.69) is 16.8 Å². The Hall–Kier alpha value is -1.33. The minimum absolute atomic E-state index is 0.137. The van der Waals surface area contributed by atoms with Crippen LogP contribution in [0.25, 0.3) is 0 Å². The van der Waals surface area contributed by atoms with Crippen LogP contribution >= 0.6 is 11.3 Å². The Labute approximate surface area is 118 Å². The van der Waals surface area contributed by atoms with Gasteiger partial charge in [-0.2, -0.15) is 0 Å². The number of rotatable bonds is 6. The van der Waals surface area contributed by atoms with Crippen LogP contribution in [0.3, 0.4) is 0 Å². The standard InChI is InChI=1S/C14H17NO2S2/c1-2-19(16,17)14-7-5-12(6-8-14)15-10-9-13-4-3-11-18-13/h3-8,11,15H,2,9-10H2,1H3. The van der Waals surface area contributed by atoms with Crippen molar-refractivity contribution in [2.75, 3.05) is 17.6 Å². The van der Waals surface area contributed by atoms with Gasteiger partial charge in [-0.1, -0.05) is 13.0 Å². The number of anilines is 1. The topological polar surface area (TPSA) is 46.2 Å². The van der Waals surface area contributed by atoms with Crippen LogP contribution in [0.4, 0.5) is 5.69 Å². The van der Waals surface area contributed by atoms with Crippen molar-refractivity contribution >= 4 is 26.9 Å². The summed E-state index contributed by atoms with van der Waals surface area (Å²) in [6, 6.07) is 11.1. The zero-order chi connectivity index (χ0) is 13.7. The van der Waals surface area contributed by atoms with E-state index < -0.39 is 9.84 Å². The van der Waals surface area contributed by atoms with Crippen LogP contribution in [0.15, 0.2) is 46.7 Å². The van der Waals surface area contributed by atoms with E-state index in [1.807, 2.05) is 18.2 Å². The number of nitrogens with one attached hydrogen (secondary N) is 1. The fourth-order valence-corrected chi connectivity index (χ4v) is 3.32. The van der Waals surface area contributed by atoms with Gasteiger partial charge < -0.3 is 5.32 Å². The smallest absolute Gasteiger partial charge is 0.178 e. The number of hydrogen-bond acceptors (Lipinski definition) is 4. The van der Waals surface area contributed by atoms with Crippen LogP contribution in [-0.4, -0.2) is 20.7 Å². The molecular weight excluding hydrogens is 278 g/mol. The van der Waals surface area contributed by atoms with Gasteiger partial charge in [-0.3, -0.25) is 0 Å². The molecule has 0 saturated heterocycles. The lowest BCUT2D eigenvalue weighted by molar-refractivity contribution is 0.597. The quantitative estimate of drug-likeness (QED) is 0.890. The van der Waals surface area contributed by atoms with Gasteiger partial charge in [0.05, 0.1) is 10.6 Å². The lowest BCUT2D eigenvalue weighted by Crippen LogP contribution is -2.06. The summed E-state index contributed by atoms with van der Waals surface area (Å²) in [5.41, 5.74) is 0.951. The van der Waals surface area contributed by atoms with E-state index in [1.54, 1.807) is 30.4 Å². The largest absolute Gasteiger partial charge is 0.385 e. The number of hydrogen-bond donors (Lipinski definition) is 1. The molecule has 0 unspecified atom stereocenters. The third-order valence-corrected chi connectivity index (χ3v) is 5.56. The molecule has 102 valence electrons. The number of thiophene rings is 1. The van der Waals surface area contributed by atoms with Gasteiger partial charge in [0.2, 0.25) is 0 Å². The molecule has 19 heavy (non-hydrogen) atoms. The minimum atomic E-state index is -3.10. The first-order valence-corrected chi connectivity index (χ1v) is 8.74. The first-order chi connectivity index (χ1) is 9.12. The molecule has 1 heterocycles. The predicted molar refractivity (Wildman–Crippen MR) is 80.7 cm³/mol. The Balaban J connectivity index is 1.92. The van der Waals surface area contributed by atoms with Gasteiger partial charge in [-0.25, -0.2) is 8.42 Å². The number of sulfone groups is 1. The highest BCUT2D eigenvalue weighted by Gasteiger charge is 2.10. The maximum Gasteiger partial charge on any atom is 0.178 e. The summed E-state index contributed by atoms with van der Waals surface area (Å²) in [6.45, 7) is 2.50. The monoisotopic (exact) mass is 295 g/mol. The molecule has 0 atom stereocenters. The van der Waals surface area contributed by atoms with Gasteiger partial charge in [0.25, 0.3) is 0 Å². The van der Waals surface area contributed by atoms with E-state index in [4.69, 9.17) is 0 Å². The summed E-state index contributed by atoms with van der Waals surface area (Å²) < 4.78 is 23.3. The Morgan fingerprint density at radius 2 is 1.89 bits per heavy atom. The molecule has 0 aliphatic carbocycles.